The highest BCUT2D eigenvalue weighted by molar-refractivity contribution is 6.30. The van der Waals surface area contributed by atoms with E-state index in [9.17, 15) is 14.4 Å². The molecule has 0 aliphatic heterocycles. The van der Waals surface area contributed by atoms with Crippen molar-refractivity contribution in [2.24, 2.45) is 5.92 Å². The summed E-state index contributed by atoms with van der Waals surface area (Å²) in [6.07, 6.45) is 8.45. The molecule has 2 aromatic heterocycles. The molecule has 1 aliphatic rings. The first-order valence-corrected chi connectivity index (χ1v) is 13.6. The monoisotopic (exact) mass is 570 g/mol. The molecule has 0 unspecified atom stereocenters. The third kappa shape index (κ3) is 8.54. The first-order valence-electron chi connectivity index (χ1n) is 13.3. The summed E-state index contributed by atoms with van der Waals surface area (Å²) in [7, 11) is 0. The van der Waals surface area contributed by atoms with Crippen LogP contribution in [0.2, 0.25) is 5.02 Å². The van der Waals surface area contributed by atoms with Crippen LogP contribution in [0.15, 0.2) is 48.0 Å². The molecular formula is C27H35ClN8O4. The number of nitrogens with one attached hydrogen (secondary N) is 2. The number of aromatic nitrogens is 5. The molecule has 1 aliphatic carbocycles. The van der Waals surface area contributed by atoms with Gasteiger partial charge in [0, 0.05) is 43.6 Å². The normalized spacial score (nSPS) is 13.1. The molecule has 2 amide bonds. The van der Waals surface area contributed by atoms with Crippen molar-refractivity contribution in [3.63, 3.8) is 0 Å². The fraction of sp³-hybridized carbons (Fsp3) is 0.481. The Kier molecular flexibility index (Phi) is 9.41. The second kappa shape index (κ2) is 12.9. The predicted molar refractivity (Wildman–Crippen MR) is 150 cm³/mol. The minimum atomic E-state index is -0.559. The van der Waals surface area contributed by atoms with Crippen LogP contribution in [0.5, 0.6) is 0 Å². The lowest BCUT2D eigenvalue weighted by molar-refractivity contribution is -0.121. The molecule has 4 rings (SSSR count). The van der Waals surface area contributed by atoms with Gasteiger partial charge in [0.05, 0.1) is 5.69 Å². The fourth-order valence-corrected chi connectivity index (χ4v) is 4.22. The van der Waals surface area contributed by atoms with Gasteiger partial charge in [0.2, 0.25) is 5.91 Å². The number of halogens is 1. The van der Waals surface area contributed by atoms with E-state index < -0.39 is 11.2 Å². The van der Waals surface area contributed by atoms with Crippen molar-refractivity contribution in [1.82, 2.24) is 34.5 Å². The van der Waals surface area contributed by atoms with Crippen molar-refractivity contribution in [1.29, 1.82) is 0 Å². The van der Waals surface area contributed by atoms with Crippen LogP contribution < -0.4 is 16.2 Å². The van der Waals surface area contributed by atoms with Crippen molar-refractivity contribution in [3.8, 4) is 5.69 Å². The van der Waals surface area contributed by atoms with E-state index in [1.807, 2.05) is 20.8 Å². The van der Waals surface area contributed by atoms with Gasteiger partial charge in [-0.3, -0.25) is 9.59 Å². The van der Waals surface area contributed by atoms with E-state index >= 15 is 0 Å². The maximum Gasteiger partial charge on any atom is 0.410 e. The SMILES string of the molecule is CC(C)(C)OC(=O)N(CCCNc1nccn(CC(=O)NCc2cc(Cl)ccc2-n2cncn2)c1=O)CC1CC1. The molecule has 40 heavy (non-hydrogen) atoms. The highest BCUT2D eigenvalue weighted by Crippen LogP contribution is 2.30. The number of hydrogen-bond donors (Lipinski definition) is 2. The molecular weight excluding hydrogens is 536 g/mol. The highest BCUT2D eigenvalue weighted by Gasteiger charge is 2.29. The molecule has 214 valence electrons. The van der Waals surface area contributed by atoms with Crippen molar-refractivity contribution >= 4 is 29.4 Å². The van der Waals surface area contributed by atoms with Crippen LogP contribution in [-0.2, 0) is 22.6 Å². The van der Waals surface area contributed by atoms with E-state index in [0.717, 1.165) is 24.1 Å². The van der Waals surface area contributed by atoms with Gasteiger partial charge < -0.3 is 24.8 Å². The summed E-state index contributed by atoms with van der Waals surface area (Å²) >= 11 is 6.15. The molecule has 0 spiro atoms. The smallest absolute Gasteiger partial charge is 0.410 e. The molecule has 0 radical (unpaired) electrons. The van der Waals surface area contributed by atoms with Gasteiger partial charge in [-0.05, 0) is 69.7 Å². The topological polar surface area (TPSA) is 136 Å². The first-order chi connectivity index (χ1) is 19.1. The number of ether oxygens (including phenoxy) is 1. The Morgan fingerprint density at radius 3 is 2.75 bits per heavy atom. The first kappa shape index (κ1) is 29.1. The van der Waals surface area contributed by atoms with Crippen LogP contribution in [0.3, 0.4) is 0 Å². The van der Waals surface area contributed by atoms with Gasteiger partial charge >= 0.3 is 6.09 Å². The molecule has 1 fully saturated rings. The van der Waals surface area contributed by atoms with Crippen LogP contribution in [0.25, 0.3) is 5.69 Å². The third-order valence-electron chi connectivity index (χ3n) is 6.14. The van der Waals surface area contributed by atoms with Crippen molar-refractivity contribution in [2.75, 3.05) is 25.0 Å². The van der Waals surface area contributed by atoms with Gasteiger partial charge in [-0.25, -0.2) is 19.4 Å². The van der Waals surface area contributed by atoms with Gasteiger partial charge in [-0.2, -0.15) is 5.10 Å². The highest BCUT2D eigenvalue weighted by atomic mass is 35.5. The van der Waals surface area contributed by atoms with E-state index in [1.54, 1.807) is 34.1 Å². The Hall–Kier alpha value is -3.93. The number of nitrogens with zero attached hydrogens (tertiary/aromatic N) is 6. The molecule has 0 bridgehead atoms. The standard InChI is InChI=1S/C27H35ClN8O4/c1-27(2,3)40-26(39)35(15-19-5-6-19)11-4-9-30-24-25(38)34(12-10-31-24)16-23(37)32-14-20-13-21(28)7-8-22(20)36-18-29-17-33-36/h7-8,10,12-13,17-19H,4-6,9,11,14-16H2,1-3H3,(H,30,31)(H,32,37). The van der Waals surface area contributed by atoms with E-state index in [4.69, 9.17) is 16.3 Å². The van der Waals surface area contributed by atoms with Gasteiger partial charge in [0.25, 0.3) is 5.56 Å². The number of hydrogen-bond acceptors (Lipinski definition) is 8. The molecule has 2 N–H and O–H groups in total. The molecule has 3 aromatic rings. The Balaban J connectivity index is 1.29. The molecule has 12 nitrogen and oxygen atoms in total. The van der Waals surface area contributed by atoms with Gasteiger partial charge in [-0.15, -0.1) is 0 Å². The van der Waals surface area contributed by atoms with Crippen LogP contribution in [0.4, 0.5) is 10.6 Å². The number of rotatable bonds is 12. The summed E-state index contributed by atoms with van der Waals surface area (Å²) in [6, 6.07) is 5.27. The van der Waals surface area contributed by atoms with Crippen molar-refractivity contribution in [2.45, 2.75) is 58.7 Å². The molecule has 13 heteroatoms. The number of carbonyl (C=O) groups excluding carboxylic acids is 2. The fourth-order valence-electron chi connectivity index (χ4n) is 4.02. The summed E-state index contributed by atoms with van der Waals surface area (Å²) in [6.45, 7) is 7.17. The molecule has 1 aromatic carbocycles. The zero-order valence-corrected chi connectivity index (χ0v) is 23.7. The quantitative estimate of drug-likeness (QED) is 0.317. The number of anilines is 1. The minimum Gasteiger partial charge on any atom is -0.444 e. The second-order valence-electron chi connectivity index (χ2n) is 10.7. The Bertz CT molecular complexity index is 1370. The Labute approximate surface area is 237 Å². The molecule has 1 saturated carbocycles. The molecule has 2 heterocycles. The summed E-state index contributed by atoms with van der Waals surface area (Å²) in [5.74, 6) is 0.323. The number of benzene rings is 1. The lowest BCUT2D eigenvalue weighted by Gasteiger charge is -2.27. The van der Waals surface area contributed by atoms with E-state index in [1.165, 1.54) is 23.3 Å². The van der Waals surface area contributed by atoms with Gasteiger partial charge in [0.15, 0.2) is 5.82 Å². The van der Waals surface area contributed by atoms with Crippen LogP contribution >= 0.6 is 11.6 Å². The number of carbonyl (C=O) groups is 2. The lowest BCUT2D eigenvalue weighted by Crippen LogP contribution is -2.39. The molecule has 0 saturated heterocycles. The van der Waals surface area contributed by atoms with Crippen LogP contribution in [-0.4, -0.2) is 66.5 Å². The van der Waals surface area contributed by atoms with E-state index in [-0.39, 0.29) is 30.9 Å². The zero-order chi connectivity index (χ0) is 28.7. The largest absolute Gasteiger partial charge is 0.444 e. The summed E-state index contributed by atoms with van der Waals surface area (Å²) in [5.41, 5.74) is 0.511. The van der Waals surface area contributed by atoms with Crippen LogP contribution in [0.1, 0.15) is 45.6 Å². The summed E-state index contributed by atoms with van der Waals surface area (Å²) < 4.78 is 8.42. The van der Waals surface area contributed by atoms with Crippen molar-refractivity contribution in [3.05, 3.63) is 64.2 Å². The molecule has 0 atom stereocenters. The van der Waals surface area contributed by atoms with E-state index in [0.29, 0.717) is 37.0 Å². The summed E-state index contributed by atoms with van der Waals surface area (Å²) in [4.78, 5) is 48.0. The second-order valence-corrected chi connectivity index (χ2v) is 11.2. The number of amides is 2. The van der Waals surface area contributed by atoms with Crippen molar-refractivity contribution < 1.29 is 14.3 Å². The van der Waals surface area contributed by atoms with Gasteiger partial charge in [-0.1, -0.05) is 11.6 Å². The average Bonchev–Trinajstić information content (AvgIpc) is 3.55. The minimum absolute atomic E-state index is 0.143. The summed E-state index contributed by atoms with van der Waals surface area (Å²) in [5, 5.41) is 10.5. The predicted octanol–water partition coefficient (Wildman–Crippen LogP) is 3.24. The zero-order valence-electron chi connectivity index (χ0n) is 23.0. The third-order valence-corrected chi connectivity index (χ3v) is 6.37. The lowest BCUT2D eigenvalue weighted by atomic mass is 10.1. The Morgan fingerprint density at radius 2 is 2.05 bits per heavy atom. The van der Waals surface area contributed by atoms with E-state index in [2.05, 4.69) is 25.7 Å². The maximum absolute atomic E-state index is 12.9. The maximum atomic E-state index is 12.9. The Morgan fingerprint density at radius 1 is 1.25 bits per heavy atom. The van der Waals surface area contributed by atoms with Gasteiger partial charge in [0.1, 0.15) is 24.8 Å². The average molecular weight is 571 g/mol. The van der Waals surface area contributed by atoms with Crippen LogP contribution in [0, 0.1) is 5.92 Å².